The number of aryl methyl sites for hydroxylation is 2. The Hall–Kier alpha value is -1.28. The zero-order valence-corrected chi connectivity index (χ0v) is 12.9. The monoisotopic (exact) mass is 306 g/mol. The van der Waals surface area contributed by atoms with Crippen molar-refractivity contribution < 1.29 is 0 Å². The zero-order valence-electron chi connectivity index (χ0n) is 10.4. The summed E-state index contributed by atoms with van der Waals surface area (Å²) in [6.07, 6.45) is 0. The summed E-state index contributed by atoms with van der Waals surface area (Å²) < 4.78 is 0. The fraction of sp³-hybridized carbons (Fsp3) is 0.333. The van der Waals surface area contributed by atoms with Crippen LogP contribution in [0.2, 0.25) is 0 Å². The number of rotatable bonds is 4. The van der Waals surface area contributed by atoms with E-state index in [1.807, 2.05) is 0 Å². The lowest BCUT2D eigenvalue weighted by molar-refractivity contribution is 0.937. The van der Waals surface area contributed by atoms with Crippen LogP contribution in [0.15, 0.2) is 10.2 Å². The lowest BCUT2D eigenvalue weighted by Crippen LogP contribution is -1.92. The van der Waals surface area contributed by atoms with E-state index in [4.69, 9.17) is 10.5 Å². The normalized spacial score (nSPS) is 10.3. The van der Waals surface area contributed by atoms with Gasteiger partial charge in [-0.3, -0.25) is 0 Å². The van der Waals surface area contributed by atoms with Gasteiger partial charge < -0.3 is 0 Å². The van der Waals surface area contributed by atoms with E-state index in [1.165, 1.54) is 34.0 Å². The van der Waals surface area contributed by atoms with E-state index in [2.05, 4.69) is 36.0 Å². The zero-order chi connectivity index (χ0) is 13.8. The first-order valence-electron chi connectivity index (χ1n) is 5.44. The molecule has 0 fully saturated rings. The maximum absolute atomic E-state index is 8.72. The molecule has 0 N–H and O–H groups in total. The topological polar surface area (TPSA) is 73.4 Å². The summed E-state index contributed by atoms with van der Waals surface area (Å²) in [7, 11) is 0. The quantitative estimate of drug-likeness (QED) is 0.488. The predicted octanol–water partition coefficient (Wildman–Crippen LogP) is 3.54. The van der Waals surface area contributed by atoms with Gasteiger partial charge in [0.1, 0.15) is 9.86 Å². The average molecular weight is 306 g/mol. The number of hydrogen-bond acceptors (Lipinski definition) is 7. The third-order valence-electron chi connectivity index (χ3n) is 2.51. The number of thiophene rings is 1. The molecule has 19 heavy (non-hydrogen) atoms. The number of hydrogen-bond donors (Lipinski definition) is 0. The molecule has 0 aliphatic heterocycles. The van der Waals surface area contributed by atoms with E-state index in [9.17, 15) is 0 Å². The van der Waals surface area contributed by atoms with Crippen LogP contribution in [-0.2, 0) is 0 Å². The Kier molecular flexibility index (Phi) is 4.65. The Morgan fingerprint density at radius 1 is 1.11 bits per heavy atom. The van der Waals surface area contributed by atoms with Crippen LogP contribution in [0.3, 0.4) is 0 Å². The molecule has 0 aliphatic carbocycles. The summed E-state index contributed by atoms with van der Waals surface area (Å²) in [5.41, 5.74) is 1.18. The molecule has 0 bridgehead atoms. The number of nitrogens with zero attached hydrogens (tertiary/aromatic N) is 4. The fourth-order valence-corrected chi connectivity index (χ4v) is 4.02. The molecule has 0 saturated carbocycles. The van der Waals surface area contributed by atoms with Crippen molar-refractivity contribution in [3.63, 3.8) is 0 Å². The first-order valence-corrected chi connectivity index (χ1v) is 8.23. The van der Waals surface area contributed by atoms with E-state index in [1.54, 1.807) is 11.3 Å². The maximum Gasteiger partial charge on any atom is 0.191 e. The first-order chi connectivity index (χ1) is 9.17. The van der Waals surface area contributed by atoms with Crippen molar-refractivity contribution in [2.45, 2.75) is 24.0 Å². The van der Waals surface area contributed by atoms with Gasteiger partial charge in [0.05, 0.1) is 23.6 Å². The summed E-state index contributed by atoms with van der Waals surface area (Å²) in [6.45, 7) is 4.11. The molecular weight excluding hydrogens is 296 g/mol. The molecule has 0 aliphatic rings. The highest BCUT2D eigenvalue weighted by atomic mass is 32.2. The van der Waals surface area contributed by atoms with Gasteiger partial charge in [-0.1, -0.05) is 23.5 Å². The van der Waals surface area contributed by atoms with Crippen LogP contribution in [0.25, 0.3) is 10.2 Å². The van der Waals surface area contributed by atoms with Crippen molar-refractivity contribution in [2.24, 2.45) is 0 Å². The molecule has 0 aromatic carbocycles. The van der Waals surface area contributed by atoms with Crippen molar-refractivity contribution in [1.29, 1.82) is 10.5 Å². The standard InChI is InChI=1S/C12H10N4S3/c1-7-8(2)19-11-9(7)10(17-5-3-13)15-12(16-11)18-6-4-14/h5-6H2,1-2H3. The van der Waals surface area contributed by atoms with Crippen LogP contribution in [-0.4, -0.2) is 21.5 Å². The number of fused-ring (bicyclic) bond motifs is 1. The van der Waals surface area contributed by atoms with Gasteiger partial charge in [-0.05, 0) is 19.4 Å². The van der Waals surface area contributed by atoms with E-state index in [-0.39, 0.29) is 0 Å². The predicted molar refractivity (Wildman–Crippen MR) is 79.6 cm³/mol. The molecular formula is C12H10N4S3. The molecule has 4 nitrogen and oxygen atoms in total. The summed E-state index contributed by atoms with van der Waals surface area (Å²) in [5, 5.41) is 19.8. The highest BCUT2D eigenvalue weighted by Gasteiger charge is 2.15. The van der Waals surface area contributed by atoms with Crippen LogP contribution < -0.4 is 0 Å². The summed E-state index contributed by atoms with van der Waals surface area (Å²) in [5.74, 6) is 0.694. The Balaban J connectivity index is 2.53. The molecule has 0 amide bonds. The van der Waals surface area contributed by atoms with Crippen molar-refractivity contribution in [1.82, 2.24) is 9.97 Å². The molecule has 0 saturated heterocycles. The smallest absolute Gasteiger partial charge is 0.191 e. The van der Waals surface area contributed by atoms with Crippen LogP contribution in [0.1, 0.15) is 10.4 Å². The lowest BCUT2D eigenvalue weighted by atomic mass is 10.2. The first kappa shape index (κ1) is 14.1. The number of aromatic nitrogens is 2. The van der Waals surface area contributed by atoms with E-state index < -0.39 is 0 Å². The van der Waals surface area contributed by atoms with E-state index in [0.29, 0.717) is 16.7 Å². The SMILES string of the molecule is Cc1sc2nc(SCC#N)nc(SCC#N)c2c1C. The molecule has 96 valence electrons. The van der Waals surface area contributed by atoms with Gasteiger partial charge in [-0.25, -0.2) is 9.97 Å². The largest absolute Gasteiger partial charge is 0.215 e. The maximum atomic E-state index is 8.72. The minimum Gasteiger partial charge on any atom is -0.215 e. The lowest BCUT2D eigenvalue weighted by Gasteiger charge is -2.03. The second-order valence-corrected chi connectivity index (χ2v) is 6.78. The van der Waals surface area contributed by atoms with Crippen molar-refractivity contribution in [3.05, 3.63) is 10.4 Å². The molecule has 2 heterocycles. The minimum atomic E-state index is 0.331. The Morgan fingerprint density at radius 3 is 2.47 bits per heavy atom. The number of thioether (sulfide) groups is 2. The van der Waals surface area contributed by atoms with Gasteiger partial charge in [-0.15, -0.1) is 11.3 Å². The number of nitriles is 2. The van der Waals surface area contributed by atoms with Gasteiger partial charge in [0.2, 0.25) is 0 Å². The summed E-state index contributed by atoms with van der Waals surface area (Å²) in [4.78, 5) is 11.1. The minimum absolute atomic E-state index is 0.331. The van der Waals surface area contributed by atoms with Gasteiger partial charge in [0.25, 0.3) is 0 Å². The average Bonchev–Trinajstić information content (AvgIpc) is 2.69. The van der Waals surface area contributed by atoms with Crippen LogP contribution >= 0.6 is 34.9 Å². The van der Waals surface area contributed by atoms with Crippen LogP contribution in [0.4, 0.5) is 0 Å². The van der Waals surface area contributed by atoms with E-state index in [0.717, 1.165) is 15.2 Å². The second kappa shape index (κ2) is 6.25. The van der Waals surface area contributed by atoms with Crippen LogP contribution in [0.5, 0.6) is 0 Å². The molecule has 2 rings (SSSR count). The van der Waals surface area contributed by atoms with Crippen molar-refractivity contribution in [3.8, 4) is 12.1 Å². The molecule has 2 aromatic heterocycles. The van der Waals surface area contributed by atoms with Crippen LogP contribution in [0, 0.1) is 36.5 Å². The molecule has 0 spiro atoms. The summed E-state index contributed by atoms with van der Waals surface area (Å²) in [6, 6.07) is 4.19. The molecule has 7 heteroatoms. The molecule has 2 aromatic rings. The fourth-order valence-electron chi connectivity index (χ4n) is 1.56. The van der Waals surface area contributed by atoms with Gasteiger partial charge in [0.15, 0.2) is 5.16 Å². The van der Waals surface area contributed by atoms with Crippen molar-refractivity contribution >= 4 is 45.1 Å². The Bertz CT molecular complexity index is 694. The molecule has 0 radical (unpaired) electrons. The van der Waals surface area contributed by atoms with Crippen molar-refractivity contribution in [2.75, 3.05) is 11.5 Å². The van der Waals surface area contributed by atoms with Gasteiger partial charge in [0, 0.05) is 10.3 Å². The third kappa shape index (κ3) is 3.01. The Labute approximate surface area is 123 Å². The highest BCUT2D eigenvalue weighted by molar-refractivity contribution is 8.00. The van der Waals surface area contributed by atoms with Gasteiger partial charge >= 0.3 is 0 Å². The third-order valence-corrected chi connectivity index (χ3v) is 5.17. The highest BCUT2D eigenvalue weighted by Crippen LogP contribution is 2.36. The molecule has 0 unspecified atom stereocenters. The van der Waals surface area contributed by atoms with E-state index >= 15 is 0 Å². The second-order valence-electron chi connectivity index (χ2n) is 3.67. The van der Waals surface area contributed by atoms with Gasteiger partial charge in [-0.2, -0.15) is 10.5 Å². The summed E-state index contributed by atoms with van der Waals surface area (Å²) >= 11 is 4.38. The Morgan fingerprint density at radius 2 is 1.79 bits per heavy atom. The molecule has 0 atom stereocenters.